The molecule has 0 radical (unpaired) electrons. The van der Waals surface area contributed by atoms with E-state index in [1.807, 2.05) is 0 Å². The van der Waals surface area contributed by atoms with E-state index in [2.05, 4.69) is 10.1 Å². The normalized spacial score (nSPS) is 14.8. The molecular weight excluding hydrogens is 261 g/mol. The molecule has 1 aromatic carbocycles. The van der Waals surface area contributed by atoms with Gasteiger partial charge in [0.15, 0.2) is 6.10 Å². The number of nitrogens with one attached hydrogen (secondary N) is 1. The van der Waals surface area contributed by atoms with Crippen LogP contribution >= 0.6 is 0 Å². The molecule has 0 spiro atoms. The Morgan fingerprint density at radius 1 is 1.32 bits per heavy atom. The molecule has 0 bridgehead atoms. The summed E-state index contributed by atoms with van der Waals surface area (Å²) >= 11 is 0. The zero-order valence-electron chi connectivity index (χ0n) is 10.5. The van der Waals surface area contributed by atoms with Crippen molar-refractivity contribution >= 4 is 17.3 Å². The van der Waals surface area contributed by atoms with Crippen LogP contribution in [0.1, 0.15) is 13.8 Å². The Morgan fingerprint density at radius 2 is 1.89 bits per heavy atom. The lowest BCUT2D eigenvalue weighted by molar-refractivity contribution is -0.223. The summed E-state index contributed by atoms with van der Waals surface area (Å²) in [6.07, 6.45) is -7.75. The summed E-state index contributed by atoms with van der Waals surface area (Å²) in [6, 6.07) is 6.44. The summed E-state index contributed by atoms with van der Waals surface area (Å²) in [5.41, 5.74) is 6.27. The molecule has 106 valence electrons. The number of alkyl halides is 3. The molecule has 0 aliphatic carbocycles. The summed E-state index contributed by atoms with van der Waals surface area (Å²) in [7, 11) is 0. The van der Waals surface area contributed by atoms with Gasteiger partial charge in [-0.3, -0.25) is 4.79 Å². The molecule has 0 aromatic heterocycles. The van der Waals surface area contributed by atoms with Crippen LogP contribution in [0.4, 0.5) is 24.5 Å². The highest BCUT2D eigenvalue weighted by molar-refractivity contribution is 5.96. The minimum absolute atomic E-state index is 0.326. The van der Waals surface area contributed by atoms with E-state index in [1.165, 1.54) is 6.92 Å². The molecule has 4 nitrogen and oxygen atoms in total. The zero-order chi connectivity index (χ0) is 14.6. The molecule has 1 aromatic rings. The van der Waals surface area contributed by atoms with Crippen LogP contribution in [0.25, 0.3) is 0 Å². The lowest BCUT2D eigenvalue weighted by atomic mass is 10.2. The Morgan fingerprint density at radius 3 is 2.42 bits per heavy atom. The zero-order valence-corrected chi connectivity index (χ0v) is 10.5. The molecule has 7 heteroatoms. The van der Waals surface area contributed by atoms with E-state index in [1.54, 1.807) is 24.3 Å². The van der Waals surface area contributed by atoms with Gasteiger partial charge in [0.25, 0.3) is 5.91 Å². The molecule has 0 aliphatic heterocycles. The second-order valence-electron chi connectivity index (χ2n) is 4.04. The number of halogens is 3. The fourth-order valence-corrected chi connectivity index (χ4v) is 1.29. The van der Waals surface area contributed by atoms with Gasteiger partial charge in [0.05, 0.1) is 11.4 Å². The van der Waals surface area contributed by atoms with Crippen molar-refractivity contribution in [2.24, 2.45) is 0 Å². The van der Waals surface area contributed by atoms with Crippen LogP contribution in [0.2, 0.25) is 0 Å². The number of anilines is 2. The van der Waals surface area contributed by atoms with Gasteiger partial charge in [0.2, 0.25) is 0 Å². The van der Waals surface area contributed by atoms with Gasteiger partial charge >= 0.3 is 6.18 Å². The first kappa shape index (κ1) is 15.3. The molecule has 0 fully saturated rings. The number of hydrogen-bond acceptors (Lipinski definition) is 3. The van der Waals surface area contributed by atoms with Gasteiger partial charge in [-0.15, -0.1) is 0 Å². The summed E-state index contributed by atoms with van der Waals surface area (Å²) < 4.78 is 41.5. The lowest BCUT2D eigenvalue weighted by Gasteiger charge is -2.21. The summed E-state index contributed by atoms with van der Waals surface area (Å²) in [6.45, 7) is 2.09. The smallest absolute Gasteiger partial charge is 0.397 e. The van der Waals surface area contributed by atoms with Gasteiger partial charge in [-0.2, -0.15) is 13.2 Å². The highest BCUT2D eigenvalue weighted by Crippen LogP contribution is 2.24. The number of benzene rings is 1. The number of amides is 1. The van der Waals surface area contributed by atoms with Crippen molar-refractivity contribution in [2.75, 3.05) is 11.1 Å². The fourth-order valence-electron chi connectivity index (χ4n) is 1.29. The van der Waals surface area contributed by atoms with E-state index >= 15 is 0 Å². The Bertz CT molecular complexity index is 449. The number of nitrogens with two attached hydrogens (primary N) is 1. The molecule has 2 atom stereocenters. The van der Waals surface area contributed by atoms with Crippen molar-refractivity contribution in [1.82, 2.24) is 0 Å². The second kappa shape index (κ2) is 5.92. The van der Waals surface area contributed by atoms with Gasteiger partial charge in [0.1, 0.15) is 6.10 Å². The number of carbonyl (C=O) groups is 1. The Hall–Kier alpha value is -1.76. The average molecular weight is 276 g/mol. The van der Waals surface area contributed by atoms with E-state index in [0.29, 0.717) is 11.4 Å². The van der Waals surface area contributed by atoms with Crippen molar-refractivity contribution in [3.63, 3.8) is 0 Å². The molecule has 0 aliphatic rings. The number of carbonyl (C=O) groups excluding carboxylic acids is 1. The third-order valence-corrected chi connectivity index (χ3v) is 2.46. The summed E-state index contributed by atoms with van der Waals surface area (Å²) in [5.74, 6) is -0.686. The predicted octanol–water partition coefficient (Wildman–Crippen LogP) is 2.56. The van der Waals surface area contributed by atoms with E-state index in [0.717, 1.165) is 6.92 Å². The van der Waals surface area contributed by atoms with Crippen LogP contribution in [0, 0.1) is 0 Å². The molecular formula is C12H15F3N2O2. The largest absolute Gasteiger partial charge is 0.414 e. The molecule has 0 saturated carbocycles. The third-order valence-electron chi connectivity index (χ3n) is 2.46. The van der Waals surface area contributed by atoms with E-state index in [9.17, 15) is 18.0 Å². The number of ether oxygens (including phenoxy) is 1. The molecule has 2 unspecified atom stereocenters. The topological polar surface area (TPSA) is 64.3 Å². The van der Waals surface area contributed by atoms with Crippen LogP contribution in [-0.2, 0) is 9.53 Å². The van der Waals surface area contributed by atoms with Crippen LogP contribution in [0.5, 0.6) is 0 Å². The van der Waals surface area contributed by atoms with Crippen molar-refractivity contribution in [3.05, 3.63) is 24.3 Å². The summed E-state index contributed by atoms with van der Waals surface area (Å²) in [5, 5.41) is 2.41. The minimum Gasteiger partial charge on any atom is -0.397 e. The number of para-hydroxylation sites is 2. The highest BCUT2D eigenvalue weighted by atomic mass is 19.4. The fraction of sp³-hybridized carbons (Fsp3) is 0.417. The minimum atomic E-state index is -4.50. The summed E-state index contributed by atoms with van der Waals surface area (Å²) in [4.78, 5) is 11.7. The van der Waals surface area contributed by atoms with Crippen molar-refractivity contribution < 1.29 is 22.7 Å². The molecule has 0 saturated heterocycles. The van der Waals surface area contributed by atoms with Crippen LogP contribution in [-0.4, -0.2) is 24.3 Å². The van der Waals surface area contributed by atoms with Crippen molar-refractivity contribution in [1.29, 1.82) is 0 Å². The van der Waals surface area contributed by atoms with Crippen molar-refractivity contribution in [2.45, 2.75) is 32.2 Å². The third kappa shape index (κ3) is 4.44. The number of hydrogen-bond donors (Lipinski definition) is 2. The molecule has 3 N–H and O–H groups in total. The maximum atomic E-state index is 12.3. The highest BCUT2D eigenvalue weighted by Gasteiger charge is 2.38. The van der Waals surface area contributed by atoms with E-state index in [-0.39, 0.29) is 0 Å². The van der Waals surface area contributed by atoms with Gasteiger partial charge in [-0.1, -0.05) is 12.1 Å². The number of nitrogen functional groups attached to an aromatic ring is 1. The van der Waals surface area contributed by atoms with Gasteiger partial charge in [-0.05, 0) is 26.0 Å². The van der Waals surface area contributed by atoms with Gasteiger partial charge in [0, 0.05) is 0 Å². The first-order valence-electron chi connectivity index (χ1n) is 5.59. The molecule has 0 heterocycles. The first-order valence-corrected chi connectivity index (χ1v) is 5.59. The average Bonchev–Trinajstić information content (AvgIpc) is 2.30. The second-order valence-corrected chi connectivity index (χ2v) is 4.04. The maximum Gasteiger partial charge on any atom is 0.414 e. The van der Waals surface area contributed by atoms with Gasteiger partial charge < -0.3 is 15.8 Å². The number of rotatable bonds is 4. The van der Waals surface area contributed by atoms with Crippen LogP contribution in [0.15, 0.2) is 24.3 Å². The molecule has 1 rings (SSSR count). The SMILES string of the molecule is CC(OC(C)C(F)(F)F)C(=O)Nc1ccccc1N. The standard InChI is InChI=1S/C12H15F3N2O2/c1-7(19-8(2)12(13,14)15)11(18)17-10-6-4-3-5-9(10)16/h3-8H,16H2,1-2H3,(H,17,18). The van der Waals surface area contributed by atoms with Crippen LogP contribution in [0.3, 0.4) is 0 Å². The molecule has 19 heavy (non-hydrogen) atoms. The lowest BCUT2D eigenvalue weighted by Crippen LogP contribution is -2.37. The Balaban J connectivity index is 2.62. The Kier molecular flexibility index (Phi) is 4.77. The van der Waals surface area contributed by atoms with Crippen LogP contribution < -0.4 is 11.1 Å². The predicted molar refractivity (Wildman–Crippen MR) is 65.5 cm³/mol. The Labute approximate surface area is 108 Å². The van der Waals surface area contributed by atoms with E-state index < -0.39 is 24.3 Å². The first-order chi connectivity index (χ1) is 8.71. The molecule has 1 amide bonds. The monoisotopic (exact) mass is 276 g/mol. The van der Waals surface area contributed by atoms with Crippen molar-refractivity contribution in [3.8, 4) is 0 Å². The maximum absolute atomic E-state index is 12.3. The van der Waals surface area contributed by atoms with Gasteiger partial charge in [-0.25, -0.2) is 0 Å². The van der Waals surface area contributed by atoms with E-state index in [4.69, 9.17) is 5.73 Å². The quantitative estimate of drug-likeness (QED) is 0.831.